The van der Waals surface area contributed by atoms with Crippen LogP contribution >= 0.6 is 0 Å². The number of benzene rings is 1. The predicted octanol–water partition coefficient (Wildman–Crippen LogP) is 3.79. The number of furan rings is 1. The number of carbonyl (C=O) groups is 1. The summed E-state index contributed by atoms with van der Waals surface area (Å²) >= 11 is 0. The van der Waals surface area contributed by atoms with E-state index in [0.717, 1.165) is 19.3 Å². The van der Waals surface area contributed by atoms with Crippen molar-refractivity contribution in [2.24, 2.45) is 0 Å². The Morgan fingerprint density at radius 2 is 2.04 bits per heavy atom. The molecule has 0 radical (unpaired) electrons. The topological polar surface area (TPSA) is 51.5 Å². The normalized spacial score (nSPS) is 23.4. The smallest absolute Gasteiger partial charge is 0.287 e. The molecule has 1 atom stereocenters. The van der Waals surface area contributed by atoms with Crippen molar-refractivity contribution in [2.45, 2.75) is 50.2 Å². The maximum absolute atomic E-state index is 13.2. The molecule has 2 fully saturated rings. The van der Waals surface area contributed by atoms with E-state index >= 15 is 0 Å². The van der Waals surface area contributed by atoms with Crippen LogP contribution in [0.5, 0.6) is 0 Å². The number of ether oxygens (including phenoxy) is 1. The molecule has 1 aliphatic heterocycles. The Balaban J connectivity index is 1.45. The third kappa shape index (κ3) is 2.85. The first-order valence-electron chi connectivity index (χ1n) is 8.28. The molecule has 1 spiro atoms. The molecule has 4 rings (SSSR count). The van der Waals surface area contributed by atoms with Crippen molar-refractivity contribution in [2.75, 3.05) is 6.61 Å². The van der Waals surface area contributed by atoms with Crippen LogP contribution in [0, 0.1) is 5.82 Å². The lowest BCUT2D eigenvalue weighted by Gasteiger charge is -2.32. The van der Waals surface area contributed by atoms with Crippen molar-refractivity contribution in [3.63, 3.8) is 0 Å². The quantitative estimate of drug-likeness (QED) is 0.917. The van der Waals surface area contributed by atoms with Crippen molar-refractivity contribution in [3.05, 3.63) is 35.8 Å². The van der Waals surface area contributed by atoms with Gasteiger partial charge < -0.3 is 14.5 Å². The average Bonchev–Trinajstić information content (AvgIpc) is 3.12. The minimum absolute atomic E-state index is 0.0190. The van der Waals surface area contributed by atoms with Gasteiger partial charge in [-0.1, -0.05) is 19.3 Å². The highest BCUT2D eigenvalue weighted by molar-refractivity contribution is 5.96. The summed E-state index contributed by atoms with van der Waals surface area (Å²) in [5.41, 5.74) is 0.482. The summed E-state index contributed by atoms with van der Waals surface area (Å²) in [6, 6.07) is 5.83. The molecule has 122 valence electrons. The Labute approximate surface area is 134 Å². The molecule has 1 aliphatic carbocycles. The molecule has 5 heteroatoms. The first-order valence-corrected chi connectivity index (χ1v) is 8.28. The van der Waals surface area contributed by atoms with Crippen molar-refractivity contribution >= 4 is 16.9 Å². The lowest BCUT2D eigenvalue weighted by molar-refractivity contribution is -0.0246. The van der Waals surface area contributed by atoms with Crippen LogP contribution < -0.4 is 5.32 Å². The predicted molar refractivity (Wildman–Crippen MR) is 83.8 cm³/mol. The second kappa shape index (κ2) is 5.64. The summed E-state index contributed by atoms with van der Waals surface area (Å²) in [4.78, 5) is 12.4. The van der Waals surface area contributed by atoms with Gasteiger partial charge >= 0.3 is 0 Å². The van der Waals surface area contributed by atoms with Crippen LogP contribution in [0.4, 0.5) is 4.39 Å². The third-order valence-electron chi connectivity index (χ3n) is 5.01. The highest BCUT2D eigenvalue weighted by Gasteiger charge is 2.41. The monoisotopic (exact) mass is 317 g/mol. The maximum Gasteiger partial charge on any atom is 0.287 e. The van der Waals surface area contributed by atoms with Crippen LogP contribution in [0.25, 0.3) is 11.0 Å². The zero-order valence-corrected chi connectivity index (χ0v) is 12.9. The zero-order chi connectivity index (χ0) is 15.9. The fraction of sp³-hybridized carbons (Fsp3) is 0.500. The Morgan fingerprint density at radius 3 is 2.87 bits per heavy atom. The summed E-state index contributed by atoms with van der Waals surface area (Å²) in [6.45, 7) is 0.556. The van der Waals surface area contributed by atoms with Crippen molar-refractivity contribution in [1.29, 1.82) is 0 Å². The van der Waals surface area contributed by atoms with E-state index in [2.05, 4.69) is 5.32 Å². The first-order chi connectivity index (χ1) is 11.1. The van der Waals surface area contributed by atoms with Gasteiger partial charge in [0, 0.05) is 5.39 Å². The SMILES string of the molecule is O=C(NC1COC2(CCCCC2)C1)c1cc2cc(F)ccc2o1. The molecule has 1 aromatic carbocycles. The average molecular weight is 317 g/mol. The molecular weight excluding hydrogens is 297 g/mol. The highest BCUT2D eigenvalue weighted by atomic mass is 19.1. The standard InChI is InChI=1S/C18H20FNO3/c19-13-4-5-15-12(8-13)9-16(23-15)17(21)20-14-10-18(22-11-14)6-2-1-3-7-18/h4-5,8-9,14H,1-3,6-7,10-11H2,(H,20,21). The van der Waals surface area contributed by atoms with E-state index in [1.54, 1.807) is 6.07 Å². The largest absolute Gasteiger partial charge is 0.451 e. The number of carbonyl (C=O) groups excluding carboxylic acids is 1. The number of halogens is 1. The molecule has 23 heavy (non-hydrogen) atoms. The molecule has 1 saturated carbocycles. The minimum Gasteiger partial charge on any atom is -0.451 e. The number of hydrogen-bond acceptors (Lipinski definition) is 3. The molecule has 4 nitrogen and oxygen atoms in total. The van der Waals surface area contributed by atoms with Gasteiger partial charge in [0.05, 0.1) is 18.2 Å². The van der Waals surface area contributed by atoms with Gasteiger partial charge in [0.1, 0.15) is 11.4 Å². The van der Waals surface area contributed by atoms with E-state index < -0.39 is 0 Å². The Morgan fingerprint density at radius 1 is 1.22 bits per heavy atom. The maximum atomic E-state index is 13.2. The van der Waals surface area contributed by atoms with E-state index in [1.165, 1.54) is 37.5 Å². The second-order valence-corrected chi connectivity index (χ2v) is 6.72. The number of nitrogens with one attached hydrogen (secondary N) is 1. The van der Waals surface area contributed by atoms with Crippen molar-refractivity contribution < 1.29 is 18.3 Å². The van der Waals surface area contributed by atoms with Crippen LogP contribution in [0.2, 0.25) is 0 Å². The van der Waals surface area contributed by atoms with Crippen molar-refractivity contribution in [1.82, 2.24) is 5.32 Å². The molecular formula is C18H20FNO3. The molecule has 1 N–H and O–H groups in total. The third-order valence-corrected chi connectivity index (χ3v) is 5.01. The first kappa shape index (κ1) is 14.7. The van der Waals surface area contributed by atoms with E-state index in [0.29, 0.717) is 17.6 Å². The molecule has 2 heterocycles. The number of hydrogen-bond donors (Lipinski definition) is 1. The van der Waals surface area contributed by atoms with Gasteiger partial charge in [0.2, 0.25) is 0 Å². The minimum atomic E-state index is -0.339. The fourth-order valence-corrected chi connectivity index (χ4v) is 3.86. The van der Waals surface area contributed by atoms with Crippen LogP contribution in [0.3, 0.4) is 0 Å². The summed E-state index contributed by atoms with van der Waals surface area (Å²) in [7, 11) is 0. The summed E-state index contributed by atoms with van der Waals surface area (Å²) < 4.78 is 24.7. The summed E-state index contributed by atoms with van der Waals surface area (Å²) in [6.07, 6.45) is 6.73. The molecule has 2 aliphatic rings. The fourth-order valence-electron chi connectivity index (χ4n) is 3.86. The molecule has 1 aromatic heterocycles. The Kier molecular flexibility index (Phi) is 3.60. The molecule has 1 amide bonds. The van der Waals surface area contributed by atoms with Crippen LogP contribution in [-0.2, 0) is 4.74 Å². The van der Waals surface area contributed by atoms with Crippen LogP contribution in [0.15, 0.2) is 28.7 Å². The van der Waals surface area contributed by atoms with Gasteiger partial charge in [0.25, 0.3) is 5.91 Å². The highest BCUT2D eigenvalue weighted by Crippen LogP contribution is 2.39. The number of amides is 1. The summed E-state index contributed by atoms with van der Waals surface area (Å²) in [5.74, 6) is -0.382. The van der Waals surface area contributed by atoms with Gasteiger partial charge in [-0.2, -0.15) is 0 Å². The van der Waals surface area contributed by atoms with Gasteiger partial charge in [-0.15, -0.1) is 0 Å². The van der Waals surface area contributed by atoms with Crippen LogP contribution in [-0.4, -0.2) is 24.2 Å². The molecule has 0 bridgehead atoms. The molecule has 1 unspecified atom stereocenters. The van der Waals surface area contributed by atoms with Crippen molar-refractivity contribution in [3.8, 4) is 0 Å². The van der Waals surface area contributed by atoms with Crippen LogP contribution in [0.1, 0.15) is 49.1 Å². The zero-order valence-electron chi connectivity index (χ0n) is 12.9. The van der Waals surface area contributed by atoms with E-state index in [-0.39, 0.29) is 29.1 Å². The Hall–Kier alpha value is -1.88. The number of rotatable bonds is 2. The van der Waals surface area contributed by atoms with Gasteiger partial charge in [0.15, 0.2) is 5.76 Å². The van der Waals surface area contributed by atoms with E-state index in [1.807, 2.05) is 0 Å². The van der Waals surface area contributed by atoms with Gasteiger partial charge in [-0.3, -0.25) is 4.79 Å². The lowest BCUT2D eigenvalue weighted by atomic mass is 9.82. The van der Waals surface area contributed by atoms with Gasteiger partial charge in [-0.05, 0) is 43.5 Å². The Bertz CT molecular complexity index is 733. The summed E-state index contributed by atoms with van der Waals surface area (Å²) in [5, 5.41) is 3.59. The van der Waals surface area contributed by atoms with E-state index in [4.69, 9.17) is 9.15 Å². The van der Waals surface area contributed by atoms with Gasteiger partial charge in [-0.25, -0.2) is 4.39 Å². The van der Waals surface area contributed by atoms with E-state index in [9.17, 15) is 9.18 Å². The molecule has 2 aromatic rings. The lowest BCUT2D eigenvalue weighted by Crippen LogP contribution is -2.37. The second-order valence-electron chi connectivity index (χ2n) is 6.72. The molecule has 1 saturated heterocycles. The number of fused-ring (bicyclic) bond motifs is 1.